The van der Waals surface area contributed by atoms with Gasteiger partial charge in [-0.15, -0.1) is 11.3 Å². The zero-order valence-electron chi connectivity index (χ0n) is 7.99. The van der Waals surface area contributed by atoms with Crippen LogP contribution in [0.1, 0.15) is 10.6 Å². The standard InChI is InChI=1S/C11H7ClN2S/c1-7-14-11(6-15-7)9-2-8(5-13)3-10(12)4-9/h2-4,6H,1H3. The Bertz CT molecular complexity index is 540. The highest BCUT2D eigenvalue weighted by molar-refractivity contribution is 7.09. The summed E-state index contributed by atoms with van der Waals surface area (Å²) >= 11 is 7.49. The minimum atomic E-state index is 0.558. The van der Waals surface area contributed by atoms with Crippen molar-refractivity contribution in [3.05, 3.63) is 39.2 Å². The summed E-state index contributed by atoms with van der Waals surface area (Å²) in [5.74, 6) is 0. The Morgan fingerprint density at radius 3 is 2.80 bits per heavy atom. The molecule has 0 aliphatic heterocycles. The highest BCUT2D eigenvalue weighted by Crippen LogP contribution is 2.25. The van der Waals surface area contributed by atoms with E-state index in [1.165, 1.54) is 0 Å². The third-order valence-electron chi connectivity index (χ3n) is 1.94. The predicted molar refractivity (Wildman–Crippen MR) is 62.0 cm³/mol. The summed E-state index contributed by atoms with van der Waals surface area (Å²) in [7, 11) is 0. The van der Waals surface area contributed by atoms with Crippen LogP contribution in [0.2, 0.25) is 5.02 Å². The molecule has 0 radical (unpaired) electrons. The molecule has 0 N–H and O–H groups in total. The number of nitriles is 1. The molecule has 0 spiro atoms. The number of thiazole rings is 1. The van der Waals surface area contributed by atoms with E-state index in [4.69, 9.17) is 16.9 Å². The van der Waals surface area contributed by atoms with Gasteiger partial charge in [0.2, 0.25) is 0 Å². The van der Waals surface area contributed by atoms with E-state index in [2.05, 4.69) is 11.1 Å². The van der Waals surface area contributed by atoms with Crippen LogP contribution in [-0.4, -0.2) is 4.98 Å². The van der Waals surface area contributed by atoms with Crippen LogP contribution in [0, 0.1) is 18.3 Å². The van der Waals surface area contributed by atoms with Crippen molar-refractivity contribution >= 4 is 22.9 Å². The lowest BCUT2D eigenvalue weighted by Gasteiger charge is -1.98. The molecule has 0 amide bonds. The Balaban J connectivity index is 2.54. The summed E-state index contributed by atoms with van der Waals surface area (Å²) < 4.78 is 0. The van der Waals surface area contributed by atoms with E-state index in [1.54, 1.807) is 23.5 Å². The molecule has 4 heteroatoms. The van der Waals surface area contributed by atoms with Crippen LogP contribution in [0.25, 0.3) is 11.3 Å². The van der Waals surface area contributed by atoms with Crippen LogP contribution in [0.5, 0.6) is 0 Å². The van der Waals surface area contributed by atoms with Gasteiger partial charge in [0.25, 0.3) is 0 Å². The van der Waals surface area contributed by atoms with Crippen LogP contribution in [0.15, 0.2) is 23.6 Å². The second kappa shape index (κ2) is 4.01. The highest BCUT2D eigenvalue weighted by atomic mass is 35.5. The number of rotatable bonds is 1. The van der Waals surface area contributed by atoms with E-state index in [0.29, 0.717) is 10.6 Å². The SMILES string of the molecule is Cc1nc(-c2cc(Cl)cc(C#N)c2)cs1. The molecule has 0 saturated carbocycles. The van der Waals surface area contributed by atoms with Gasteiger partial charge in [0, 0.05) is 16.0 Å². The maximum Gasteiger partial charge on any atom is 0.0992 e. The number of aromatic nitrogens is 1. The van der Waals surface area contributed by atoms with Crippen LogP contribution in [0.4, 0.5) is 0 Å². The smallest absolute Gasteiger partial charge is 0.0992 e. The molecule has 2 aromatic rings. The fraction of sp³-hybridized carbons (Fsp3) is 0.0909. The van der Waals surface area contributed by atoms with Crippen molar-refractivity contribution in [2.75, 3.05) is 0 Å². The van der Waals surface area contributed by atoms with Crippen LogP contribution in [0.3, 0.4) is 0 Å². The number of aryl methyl sites for hydroxylation is 1. The van der Waals surface area contributed by atoms with Gasteiger partial charge < -0.3 is 0 Å². The van der Waals surface area contributed by atoms with E-state index in [0.717, 1.165) is 16.3 Å². The van der Waals surface area contributed by atoms with E-state index in [9.17, 15) is 0 Å². The maximum atomic E-state index is 8.81. The van der Waals surface area contributed by atoms with Gasteiger partial charge in [-0.3, -0.25) is 0 Å². The molecule has 0 unspecified atom stereocenters. The van der Waals surface area contributed by atoms with Crippen molar-refractivity contribution in [3.63, 3.8) is 0 Å². The second-order valence-electron chi connectivity index (χ2n) is 3.09. The highest BCUT2D eigenvalue weighted by Gasteiger charge is 2.04. The molecule has 0 bridgehead atoms. The molecule has 0 fully saturated rings. The average Bonchev–Trinajstić information content (AvgIpc) is 2.64. The van der Waals surface area contributed by atoms with Crippen LogP contribution >= 0.6 is 22.9 Å². The minimum absolute atomic E-state index is 0.558. The van der Waals surface area contributed by atoms with Crippen molar-refractivity contribution in [2.45, 2.75) is 6.92 Å². The number of hydrogen-bond acceptors (Lipinski definition) is 3. The molecule has 74 valence electrons. The van der Waals surface area contributed by atoms with Crippen molar-refractivity contribution in [3.8, 4) is 17.3 Å². The van der Waals surface area contributed by atoms with Crippen molar-refractivity contribution in [2.24, 2.45) is 0 Å². The summed E-state index contributed by atoms with van der Waals surface area (Å²) in [5, 5.41) is 12.3. The van der Waals surface area contributed by atoms with Gasteiger partial charge in [-0.05, 0) is 25.1 Å². The van der Waals surface area contributed by atoms with Gasteiger partial charge >= 0.3 is 0 Å². The maximum absolute atomic E-state index is 8.81. The fourth-order valence-electron chi connectivity index (χ4n) is 1.30. The van der Waals surface area contributed by atoms with E-state index < -0.39 is 0 Å². The molecular weight excluding hydrogens is 228 g/mol. The van der Waals surface area contributed by atoms with Crippen molar-refractivity contribution < 1.29 is 0 Å². The molecule has 1 heterocycles. The second-order valence-corrected chi connectivity index (χ2v) is 4.59. The Labute approximate surface area is 96.8 Å². The monoisotopic (exact) mass is 234 g/mol. The molecule has 2 rings (SSSR count). The Morgan fingerprint density at radius 1 is 1.40 bits per heavy atom. The lowest BCUT2D eigenvalue weighted by atomic mass is 10.1. The summed E-state index contributed by atoms with van der Waals surface area (Å²) in [6, 6.07) is 7.33. The number of benzene rings is 1. The lowest BCUT2D eigenvalue weighted by molar-refractivity contribution is 1.30. The molecule has 1 aromatic heterocycles. The largest absolute Gasteiger partial charge is 0.242 e. The first-order valence-electron chi connectivity index (χ1n) is 4.32. The third kappa shape index (κ3) is 2.17. The molecular formula is C11H7ClN2S. The quantitative estimate of drug-likeness (QED) is 0.755. The molecule has 0 aliphatic carbocycles. The first-order chi connectivity index (χ1) is 7.19. The molecule has 0 atom stereocenters. The third-order valence-corrected chi connectivity index (χ3v) is 2.93. The fourth-order valence-corrected chi connectivity index (χ4v) is 2.16. The normalized spacial score (nSPS) is 9.93. The van der Waals surface area contributed by atoms with Gasteiger partial charge in [0.15, 0.2) is 0 Å². The predicted octanol–water partition coefficient (Wildman–Crippen LogP) is 3.64. The number of hydrogen-bond donors (Lipinski definition) is 0. The average molecular weight is 235 g/mol. The summed E-state index contributed by atoms with van der Waals surface area (Å²) in [4.78, 5) is 4.35. The topological polar surface area (TPSA) is 36.7 Å². The minimum Gasteiger partial charge on any atom is -0.242 e. The van der Waals surface area contributed by atoms with E-state index in [1.807, 2.05) is 18.4 Å². The lowest BCUT2D eigenvalue weighted by Crippen LogP contribution is -1.81. The van der Waals surface area contributed by atoms with Crippen molar-refractivity contribution in [1.29, 1.82) is 5.26 Å². The first-order valence-corrected chi connectivity index (χ1v) is 5.58. The Kier molecular flexibility index (Phi) is 2.72. The van der Waals surface area contributed by atoms with Crippen molar-refractivity contribution in [1.82, 2.24) is 4.98 Å². The van der Waals surface area contributed by atoms with E-state index >= 15 is 0 Å². The number of halogens is 1. The van der Waals surface area contributed by atoms with Gasteiger partial charge in [0.05, 0.1) is 22.3 Å². The van der Waals surface area contributed by atoms with Crippen LogP contribution < -0.4 is 0 Å². The molecule has 0 aliphatic rings. The zero-order chi connectivity index (χ0) is 10.8. The molecule has 2 nitrogen and oxygen atoms in total. The Morgan fingerprint density at radius 2 is 2.20 bits per heavy atom. The molecule has 0 saturated heterocycles. The van der Waals surface area contributed by atoms with Gasteiger partial charge in [-0.25, -0.2) is 4.98 Å². The summed E-state index contributed by atoms with van der Waals surface area (Å²) in [5.41, 5.74) is 2.32. The first kappa shape index (κ1) is 10.2. The van der Waals surface area contributed by atoms with Gasteiger partial charge in [0.1, 0.15) is 0 Å². The zero-order valence-corrected chi connectivity index (χ0v) is 9.56. The number of nitrogens with zero attached hydrogens (tertiary/aromatic N) is 2. The van der Waals surface area contributed by atoms with Gasteiger partial charge in [-0.1, -0.05) is 11.6 Å². The molecule has 1 aromatic carbocycles. The van der Waals surface area contributed by atoms with E-state index in [-0.39, 0.29) is 0 Å². The van der Waals surface area contributed by atoms with Crippen LogP contribution in [-0.2, 0) is 0 Å². The Hall–Kier alpha value is -1.37. The summed E-state index contributed by atoms with van der Waals surface area (Å²) in [6.07, 6.45) is 0. The molecule has 15 heavy (non-hydrogen) atoms. The van der Waals surface area contributed by atoms with Gasteiger partial charge in [-0.2, -0.15) is 5.26 Å². The summed E-state index contributed by atoms with van der Waals surface area (Å²) in [6.45, 7) is 1.95.